The molecule has 1 amide bonds. The summed E-state index contributed by atoms with van der Waals surface area (Å²) >= 11 is 0. The number of carbonyl (C=O) groups excluding carboxylic acids is 1. The van der Waals surface area contributed by atoms with Gasteiger partial charge in [-0.3, -0.25) is 9.52 Å². The van der Waals surface area contributed by atoms with Gasteiger partial charge < -0.3 is 14.4 Å². The zero-order valence-corrected chi connectivity index (χ0v) is 16.2. The molecule has 0 spiro atoms. The number of amides is 1. The molecule has 0 saturated carbocycles. The van der Waals surface area contributed by atoms with Gasteiger partial charge in [0.1, 0.15) is 17.6 Å². The predicted octanol–water partition coefficient (Wildman–Crippen LogP) is 3.52. The average Bonchev–Trinajstić information content (AvgIpc) is 2.60. The van der Waals surface area contributed by atoms with Crippen LogP contribution in [0.5, 0.6) is 11.5 Å². The molecule has 1 atom stereocenters. The van der Waals surface area contributed by atoms with Crippen LogP contribution in [0.3, 0.4) is 0 Å². The Kier molecular flexibility index (Phi) is 5.35. The summed E-state index contributed by atoms with van der Waals surface area (Å²) in [5.41, 5.74) is 0.373. The highest BCUT2D eigenvalue weighted by Crippen LogP contribution is 2.36. The smallest absolute Gasteiger partial charge is 0.487 e. The van der Waals surface area contributed by atoms with Gasteiger partial charge in [-0.2, -0.15) is 0 Å². The minimum absolute atomic E-state index is 0.0468. The van der Waals surface area contributed by atoms with Gasteiger partial charge in [-0.25, -0.2) is 8.42 Å². The Hall–Kier alpha value is -2.95. The molecule has 29 heavy (non-hydrogen) atoms. The van der Waals surface area contributed by atoms with Crippen molar-refractivity contribution in [2.75, 3.05) is 16.2 Å². The lowest BCUT2D eigenvalue weighted by molar-refractivity contribution is -0.274. The number of hydrogen-bond acceptors (Lipinski definition) is 5. The predicted molar refractivity (Wildman–Crippen MR) is 98.5 cm³/mol. The van der Waals surface area contributed by atoms with Crippen LogP contribution in [0.4, 0.5) is 24.5 Å². The van der Waals surface area contributed by atoms with Gasteiger partial charge in [0, 0.05) is 12.6 Å². The molecular formula is C18H17F3N2O5S. The van der Waals surface area contributed by atoms with Gasteiger partial charge in [-0.1, -0.05) is 0 Å². The van der Waals surface area contributed by atoms with Crippen molar-refractivity contribution in [2.45, 2.75) is 31.2 Å². The fourth-order valence-corrected chi connectivity index (χ4v) is 3.90. The molecular weight excluding hydrogens is 413 g/mol. The highest BCUT2D eigenvalue weighted by molar-refractivity contribution is 7.92. The molecule has 1 heterocycles. The minimum atomic E-state index is -4.84. The van der Waals surface area contributed by atoms with Crippen molar-refractivity contribution in [2.24, 2.45) is 0 Å². The summed E-state index contributed by atoms with van der Waals surface area (Å²) in [7, 11) is -4.06. The lowest BCUT2D eigenvalue weighted by atomic mass is 10.2. The Labute approximate surface area is 165 Å². The zero-order chi connectivity index (χ0) is 21.4. The summed E-state index contributed by atoms with van der Waals surface area (Å²) in [5, 5.41) is 0. The number of alkyl halides is 3. The van der Waals surface area contributed by atoms with Crippen LogP contribution < -0.4 is 19.1 Å². The van der Waals surface area contributed by atoms with E-state index in [1.807, 2.05) is 0 Å². The van der Waals surface area contributed by atoms with E-state index < -0.39 is 22.1 Å². The van der Waals surface area contributed by atoms with Crippen molar-refractivity contribution in [3.8, 4) is 11.5 Å². The van der Waals surface area contributed by atoms with Gasteiger partial charge in [0.15, 0.2) is 0 Å². The van der Waals surface area contributed by atoms with Gasteiger partial charge in [-0.15, -0.1) is 13.2 Å². The zero-order valence-electron chi connectivity index (χ0n) is 15.4. The van der Waals surface area contributed by atoms with Crippen LogP contribution in [0.1, 0.15) is 13.8 Å². The molecule has 11 heteroatoms. The molecule has 2 aromatic carbocycles. The number of hydrogen-bond donors (Lipinski definition) is 1. The van der Waals surface area contributed by atoms with E-state index >= 15 is 0 Å². The Balaban J connectivity index is 1.85. The fourth-order valence-electron chi connectivity index (χ4n) is 2.82. The number of fused-ring (bicyclic) bond motifs is 1. The third-order valence-electron chi connectivity index (χ3n) is 4.02. The fraction of sp³-hybridized carbons (Fsp3) is 0.278. The second-order valence-corrected chi connectivity index (χ2v) is 8.05. The van der Waals surface area contributed by atoms with Crippen LogP contribution in [0.25, 0.3) is 0 Å². The highest BCUT2D eigenvalue weighted by Gasteiger charge is 2.31. The Morgan fingerprint density at radius 3 is 2.45 bits per heavy atom. The Morgan fingerprint density at radius 2 is 1.86 bits per heavy atom. The Morgan fingerprint density at radius 1 is 1.21 bits per heavy atom. The van der Waals surface area contributed by atoms with Crippen molar-refractivity contribution >= 4 is 27.3 Å². The first-order valence-electron chi connectivity index (χ1n) is 8.42. The van der Waals surface area contributed by atoms with E-state index in [1.165, 1.54) is 30.0 Å². The SMILES string of the molecule is CC(=O)N1CC(C)Oc2ccc(S(=O)(=O)Nc3ccc(OC(F)(F)F)cc3)cc21. The molecule has 3 rings (SSSR count). The second-order valence-electron chi connectivity index (χ2n) is 6.37. The van der Waals surface area contributed by atoms with Crippen LogP contribution in [-0.4, -0.2) is 33.3 Å². The lowest BCUT2D eigenvalue weighted by Crippen LogP contribution is -2.41. The van der Waals surface area contributed by atoms with E-state index in [9.17, 15) is 26.4 Å². The number of carbonyl (C=O) groups is 1. The van der Waals surface area contributed by atoms with Gasteiger partial charge in [0.05, 0.1) is 17.1 Å². The average molecular weight is 430 g/mol. The van der Waals surface area contributed by atoms with Gasteiger partial charge in [0.2, 0.25) is 5.91 Å². The first kappa shape index (κ1) is 20.8. The third kappa shape index (κ3) is 4.91. The molecule has 1 unspecified atom stereocenters. The van der Waals surface area contributed by atoms with Crippen molar-refractivity contribution in [3.63, 3.8) is 0 Å². The standard InChI is InChI=1S/C18H17F3N2O5S/c1-11-10-23(12(2)24)16-9-15(7-8-17(16)27-11)29(25,26)22-13-3-5-14(6-4-13)28-18(19,20)21/h3-9,11,22H,10H2,1-2H3. The van der Waals surface area contributed by atoms with Gasteiger partial charge >= 0.3 is 6.36 Å². The summed E-state index contributed by atoms with van der Waals surface area (Å²) in [5.74, 6) is -0.353. The van der Waals surface area contributed by atoms with E-state index in [1.54, 1.807) is 6.92 Å². The molecule has 2 aromatic rings. The minimum Gasteiger partial charge on any atom is -0.487 e. The number of nitrogens with zero attached hydrogens (tertiary/aromatic N) is 1. The first-order valence-corrected chi connectivity index (χ1v) is 9.90. The van der Waals surface area contributed by atoms with E-state index in [-0.39, 0.29) is 29.1 Å². The molecule has 1 aliphatic rings. The van der Waals surface area contributed by atoms with Crippen molar-refractivity contribution in [3.05, 3.63) is 42.5 Å². The van der Waals surface area contributed by atoms with E-state index in [0.717, 1.165) is 24.3 Å². The maximum absolute atomic E-state index is 12.7. The van der Waals surface area contributed by atoms with Crippen LogP contribution in [0.15, 0.2) is 47.4 Å². The molecule has 7 nitrogen and oxygen atoms in total. The molecule has 0 radical (unpaired) electrons. The van der Waals surface area contributed by atoms with Crippen LogP contribution >= 0.6 is 0 Å². The summed E-state index contributed by atoms with van der Waals surface area (Å²) in [6, 6.07) is 8.35. The molecule has 0 fully saturated rings. The molecule has 0 aromatic heterocycles. The number of nitrogens with one attached hydrogen (secondary N) is 1. The molecule has 156 valence electrons. The monoisotopic (exact) mass is 430 g/mol. The highest BCUT2D eigenvalue weighted by atomic mass is 32.2. The number of halogens is 3. The third-order valence-corrected chi connectivity index (χ3v) is 5.40. The molecule has 1 aliphatic heterocycles. The van der Waals surface area contributed by atoms with Crippen LogP contribution in [0, 0.1) is 0 Å². The topological polar surface area (TPSA) is 84.9 Å². The summed E-state index contributed by atoms with van der Waals surface area (Å²) in [6.07, 6.45) is -5.09. The Bertz CT molecular complexity index is 1020. The summed E-state index contributed by atoms with van der Waals surface area (Å²) < 4.78 is 73.6. The molecule has 0 saturated heterocycles. The van der Waals surface area contributed by atoms with E-state index in [0.29, 0.717) is 11.4 Å². The summed E-state index contributed by atoms with van der Waals surface area (Å²) in [4.78, 5) is 13.2. The van der Waals surface area contributed by atoms with Crippen molar-refractivity contribution in [1.82, 2.24) is 0 Å². The van der Waals surface area contributed by atoms with Gasteiger partial charge in [0.25, 0.3) is 10.0 Å². The van der Waals surface area contributed by atoms with E-state index in [4.69, 9.17) is 4.74 Å². The molecule has 0 bridgehead atoms. The van der Waals surface area contributed by atoms with Gasteiger partial charge in [-0.05, 0) is 49.4 Å². The van der Waals surface area contributed by atoms with Crippen LogP contribution in [0.2, 0.25) is 0 Å². The molecule has 1 N–H and O–H groups in total. The maximum atomic E-state index is 12.7. The summed E-state index contributed by atoms with van der Waals surface area (Å²) in [6.45, 7) is 3.43. The van der Waals surface area contributed by atoms with E-state index in [2.05, 4.69) is 9.46 Å². The first-order chi connectivity index (χ1) is 13.4. The largest absolute Gasteiger partial charge is 0.573 e. The normalized spacial score (nSPS) is 16.6. The lowest BCUT2D eigenvalue weighted by Gasteiger charge is -2.33. The quantitative estimate of drug-likeness (QED) is 0.802. The number of benzene rings is 2. The number of rotatable bonds is 4. The number of anilines is 2. The number of sulfonamides is 1. The maximum Gasteiger partial charge on any atom is 0.573 e. The van der Waals surface area contributed by atoms with Crippen molar-refractivity contribution < 1.29 is 35.9 Å². The van der Waals surface area contributed by atoms with Crippen molar-refractivity contribution in [1.29, 1.82) is 0 Å². The number of ether oxygens (including phenoxy) is 2. The second kappa shape index (κ2) is 7.47. The van der Waals surface area contributed by atoms with Crippen LogP contribution in [-0.2, 0) is 14.8 Å². The molecule has 0 aliphatic carbocycles.